The number of rotatable bonds is 2. The van der Waals surface area contributed by atoms with E-state index >= 15 is 0 Å². The van der Waals surface area contributed by atoms with Crippen molar-refractivity contribution >= 4 is 17.5 Å². The molecule has 0 bridgehead atoms. The molecule has 0 aliphatic carbocycles. The van der Waals surface area contributed by atoms with E-state index in [4.69, 9.17) is 0 Å². The molecule has 3 rings (SSSR count). The summed E-state index contributed by atoms with van der Waals surface area (Å²) in [6, 6.07) is 3.55. The quantitative estimate of drug-likeness (QED) is 0.914. The van der Waals surface area contributed by atoms with Crippen LogP contribution in [0.2, 0.25) is 0 Å². The lowest BCUT2D eigenvalue weighted by Gasteiger charge is -2.28. The maximum Gasteiger partial charge on any atom is 0.257 e. The predicted molar refractivity (Wildman–Crippen MR) is 81.2 cm³/mol. The van der Waals surface area contributed by atoms with Gasteiger partial charge in [0.2, 0.25) is 5.91 Å². The fourth-order valence-corrected chi connectivity index (χ4v) is 2.59. The van der Waals surface area contributed by atoms with Gasteiger partial charge < -0.3 is 10.2 Å². The molecule has 0 atom stereocenters. The zero-order chi connectivity index (χ0) is 15.5. The van der Waals surface area contributed by atoms with Crippen molar-refractivity contribution in [1.29, 1.82) is 0 Å². The van der Waals surface area contributed by atoms with Crippen LogP contribution in [0, 0.1) is 0 Å². The molecule has 6 heteroatoms. The maximum absolute atomic E-state index is 12.4. The van der Waals surface area contributed by atoms with Gasteiger partial charge in [0.15, 0.2) is 0 Å². The zero-order valence-electron chi connectivity index (χ0n) is 12.2. The summed E-state index contributed by atoms with van der Waals surface area (Å²) in [5.41, 5.74) is 3.10. The molecule has 2 amide bonds. The minimum absolute atomic E-state index is 0.0378. The SMILES string of the molecule is CC(=O)N1CCc2c(cncc2C(=O)Nc2cccnc2)C1. The summed E-state index contributed by atoms with van der Waals surface area (Å²) in [5, 5.41) is 2.82. The Morgan fingerprint density at radius 3 is 2.82 bits per heavy atom. The molecule has 0 unspecified atom stereocenters. The van der Waals surface area contributed by atoms with Crippen LogP contribution >= 0.6 is 0 Å². The number of pyridine rings is 2. The molecule has 112 valence electrons. The first-order valence-corrected chi connectivity index (χ1v) is 7.08. The molecule has 0 saturated heterocycles. The number of nitrogens with one attached hydrogen (secondary N) is 1. The molecule has 1 aliphatic rings. The van der Waals surface area contributed by atoms with E-state index in [0.29, 0.717) is 30.8 Å². The van der Waals surface area contributed by atoms with Crippen LogP contribution in [0.1, 0.15) is 28.4 Å². The molecule has 0 spiro atoms. The fraction of sp³-hybridized carbons (Fsp3) is 0.250. The van der Waals surface area contributed by atoms with Crippen molar-refractivity contribution < 1.29 is 9.59 Å². The smallest absolute Gasteiger partial charge is 0.257 e. The van der Waals surface area contributed by atoms with Crippen LogP contribution in [-0.4, -0.2) is 33.2 Å². The van der Waals surface area contributed by atoms with E-state index in [-0.39, 0.29) is 11.8 Å². The van der Waals surface area contributed by atoms with E-state index in [9.17, 15) is 9.59 Å². The van der Waals surface area contributed by atoms with Gasteiger partial charge in [-0.1, -0.05) is 0 Å². The minimum Gasteiger partial charge on any atom is -0.338 e. The van der Waals surface area contributed by atoms with Gasteiger partial charge in [-0.3, -0.25) is 19.6 Å². The average Bonchev–Trinajstić information content (AvgIpc) is 2.54. The van der Waals surface area contributed by atoms with Crippen molar-refractivity contribution in [1.82, 2.24) is 14.9 Å². The number of hydrogen-bond acceptors (Lipinski definition) is 4. The number of carbonyl (C=O) groups is 2. The monoisotopic (exact) mass is 296 g/mol. The number of hydrogen-bond donors (Lipinski definition) is 1. The Hall–Kier alpha value is -2.76. The summed E-state index contributed by atoms with van der Waals surface area (Å²) in [4.78, 5) is 33.8. The largest absolute Gasteiger partial charge is 0.338 e. The Balaban J connectivity index is 1.85. The average molecular weight is 296 g/mol. The molecule has 1 aliphatic heterocycles. The van der Waals surface area contributed by atoms with E-state index in [0.717, 1.165) is 11.1 Å². The number of aromatic nitrogens is 2. The van der Waals surface area contributed by atoms with Gasteiger partial charge in [0.05, 0.1) is 17.4 Å². The van der Waals surface area contributed by atoms with Crippen molar-refractivity contribution in [2.24, 2.45) is 0 Å². The van der Waals surface area contributed by atoms with Gasteiger partial charge in [-0.15, -0.1) is 0 Å². The molecule has 22 heavy (non-hydrogen) atoms. The van der Waals surface area contributed by atoms with Crippen LogP contribution in [0.3, 0.4) is 0 Å². The van der Waals surface area contributed by atoms with Crippen LogP contribution in [0.5, 0.6) is 0 Å². The Morgan fingerprint density at radius 1 is 1.23 bits per heavy atom. The van der Waals surface area contributed by atoms with Crippen LogP contribution in [0.4, 0.5) is 5.69 Å². The third-order valence-electron chi connectivity index (χ3n) is 3.75. The van der Waals surface area contributed by atoms with Gasteiger partial charge in [0.25, 0.3) is 5.91 Å². The lowest BCUT2D eigenvalue weighted by Crippen LogP contribution is -2.35. The Morgan fingerprint density at radius 2 is 2.09 bits per heavy atom. The zero-order valence-corrected chi connectivity index (χ0v) is 12.2. The van der Waals surface area contributed by atoms with Crippen LogP contribution < -0.4 is 5.32 Å². The maximum atomic E-state index is 12.4. The molecule has 0 saturated carbocycles. The summed E-state index contributed by atoms with van der Waals surface area (Å²) >= 11 is 0. The molecule has 1 N–H and O–H groups in total. The molecule has 3 heterocycles. The summed E-state index contributed by atoms with van der Waals surface area (Å²) < 4.78 is 0. The first-order valence-electron chi connectivity index (χ1n) is 7.08. The lowest BCUT2D eigenvalue weighted by atomic mass is 9.96. The third kappa shape index (κ3) is 2.81. The van der Waals surface area contributed by atoms with Gasteiger partial charge in [-0.2, -0.15) is 0 Å². The number of carbonyl (C=O) groups excluding carboxylic acids is 2. The van der Waals surface area contributed by atoms with Gasteiger partial charge in [0, 0.05) is 38.6 Å². The second kappa shape index (κ2) is 5.93. The summed E-state index contributed by atoms with van der Waals surface area (Å²) in [5.74, 6) is -0.163. The number of amides is 2. The molecule has 0 radical (unpaired) electrons. The summed E-state index contributed by atoms with van der Waals surface area (Å²) in [6.07, 6.45) is 7.21. The van der Waals surface area contributed by atoms with Crippen LogP contribution in [0.15, 0.2) is 36.9 Å². The van der Waals surface area contributed by atoms with Crippen molar-refractivity contribution in [2.45, 2.75) is 19.9 Å². The number of anilines is 1. The van der Waals surface area contributed by atoms with E-state index in [1.807, 2.05) is 0 Å². The standard InChI is InChI=1S/C16H16N4O2/c1-11(21)20-6-4-14-12(10-20)7-18-9-15(14)16(22)19-13-3-2-5-17-8-13/h2-3,5,7-9H,4,6,10H2,1H3,(H,19,22). The van der Waals surface area contributed by atoms with Crippen LogP contribution in [0.25, 0.3) is 0 Å². The fourth-order valence-electron chi connectivity index (χ4n) is 2.59. The Kier molecular flexibility index (Phi) is 3.82. The highest BCUT2D eigenvalue weighted by atomic mass is 16.2. The first-order chi connectivity index (χ1) is 10.6. The van der Waals surface area contributed by atoms with Crippen molar-refractivity contribution in [3.05, 3.63) is 53.6 Å². The number of nitrogens with zero attached hydrogens (tertiary/aromatic N) is 3. The minimum atomic E-state index is -0.200. The second-order valence-corrected chi connectivity index (χ2v) is 5.21. The lowest BCUT2D eigenvalue weighted by molar-refractivity contribution is -0.129. The summed E-state index contributed by atoms with van der Waals surface area (Å²) in [6.45, 7) is 2.68. The second-order valence-electron chi connectivity index (χ2n) is 5.21. The first kappa shape index (κ1) is 14.2. The van der Waals surface area contributed by atoms with Gasteiger partial charge >= 0.3 is 0 Å². The molecule has 6 nitrogen and oxygen atoms in total. The van der Waals surface area contributed by atoms with Crippen molar-refractivity contribution in [2.75, 3.05) is 11.9 Å². The molecular weight excluding hydrogens is 280 g/mol. The van der Waals surface area contributed by atoms with Crippen LogP contribution in [-0.2, 0) is 17.8 Å². The normalized spacial score (nSPS) is 13.4. The topological polar surface area (TPSA) is 75.2 Å². The van der Waals surface area contributed by atoms with E-state index in [2.05, 4.69) is 15.3 Å². The van der Waals surface area contributed by atoms with E-state index in [1.54, 1.807) is 48.7 Å². The highest BCUT2D eigenvalue weighted by Crippen LogP contribution is 2.22. The van der Waals surface area contributed by atoms with Gasteiger partial charge in [-0.25, -0.2) is 0 Å². The third-order valence-corrected chi connectivity index (χ3v) is 3.75. The van der Waals surface area contributed by atoms with Gasteiger partial charge in [0.1, 0.15) is 0 Å². The van der Waals surface area contributed by atoms with Crippen molar-refractivity contribution in [3.8, 4) is 0 Å². The van der Waals surface area contributed by atoms with Gasteiger partial charge in [-0.05, 0) is 29.7 Å². The van der Waals surface area contributed by atoms with E-state index < -0.39 is 0 Å². The summed E-state index contributed by atoms with van der Waals surface area (Å²) in [7, 11) is 0. The Labute approximate surface area is 128 Å². The highest BCUT2D eigenvalue weighted by molar-refractivity contribution is 6.05. The predicted octanol–water partition coefficient (Wildman–Crippen LogP) is 1.63. The molecule has 0 aromatic carbocycles. The molecule has 2 aromatic heterocycles. The molecule has 2 aromatic rings. The number of fused-ring (bicyclic) bond motifs is 1. The Bertz CT molecular complexity index is 715. The highest BCUT2D eigenvalue weighted by Gasteiger charge is 2.23. The molecular formula is C16H16N4O2. The van der Waals surface area contributed by atoms with E-state index in [1.165, 1.54) is 0 Å². The molecule has 0 fully saturated rings. The van der Waals surface area contributed by atoms with Crippen molar-refractivity contribution in [3.63, 3.8) is 0 Å².